The minimum atomic E-state index is -0.920. The molecule has 0 aliphatic rings. The van der Waals surface area contributed by atoms with Gasteiger partial charge in [-0.1, -0.05) is 120 Å². The minimum Gasteiger partial charge on any atom is -0.478 e. The molecule has 0 spiro atoms. The van der Waals surface area contributed by atoms with Crippen molar-refractivity contribution >= 4 is 5.97 Å². The summed E-state index contributed by atoms with van der Waals surface area (Å²) in [4.78, 5) is 10.2. The third-order valence-corrected chi connectivity index (χ3v) is 4.15. The van der Waals surface area contributed by atoms with Crippen molar-refractivity contribution in [3.05, 3.63) is 48.6 Å². The molecule has 0 bridgehead atoms. The Bertz CT molecular complexity index is 402. The molecular weight excluding hydrogens is 308 g/mol. The molecule has 0 fully saturated rings. The lowest BCUT2D eigenvalue weighted by molar-refractivity contribution is -0.131. The van der Waals surface area contributed by atoms with Crippen LogP contribution in [0.1, 0.15) is 90.4 Å². The second-order valence-corrected chi connectivity index (χ2v) is 6.57. The van der Waals surface area contributed by atoms with Crippen LogP contribution in [0.25, 0.3) is 0 Å². The van der Waals surface area contributed by atoms with E-state index in [1.807, 2.05) is 18.2 Å². The Hall–Kier alpha value is -1.57. The molecule has 0 aliphatic heterocycles. The molecule has 2 nitrogen and oxygen atoms in total. The second kappa shape index (κ2) is 20.5. The van der Waals surface area contributed by atoms with E-state index in [0.717, 1.165) is 12.5 Å². The summed E-state index contributed by atoms with van der Waals surface area (Å²) in [7, 11) is 0. The molecule has 0 radical (unpaired) electrons. The van der Waals surface area contributed by atoms with E-state index in [1.54, 1.807) is 6.08 Å². The van der Waals surface area contributed by atoms with Crippen LogP contribution < -0.4 is 0 Å². The molecule has 0 atom stereocenters. The van der Waals surface area contributed by atoms with Crippen LogP contribution in [0.4, 0.5) is 0 Å². The highest BCUT2D eigenvalue weighted by molar-refractivity contribution is 5.80. The van der Waals surface area contributed by atoms with Crippen LogP contribution in [-0.4, -0.2) is 11.1 Å². The number of hydrogen-bond donors (Lipinski definition) is 1. The molecule has 0 amide bonds. The Morgan fingerprint density at radius 3 is 1.60 bits per heavy atom. The smallest absolute Gasteiger partial charge is 0.328 e. The number of allylic oxidation sites excluding steroid dienone is 7. The van der Waals surface area contributed by atoms with Crippen molar-refractivity contribution in [3.63, 3.8) is 0 Å². The van der Waals surface area contributed by atoms with E-state index >= 15 is 0 Å². The summed E-state index contributed by atoms with van der Waals surface area (Å²) < 4.78 is 0. The van der Waals surface area contributed by atoms with E-state index in [0.29, 0.717) is 0 Å². The van der Waals surface area contributed by atoms with Gasteiger partial charge in [0.05, 0.1) is 0 Å². The maximum atomic E-state index is 10.2. The van der Waals surface area contributed by atoms with Crippen molar-refractivity contribution in [2.24, 2.45) is 0 Å². The molecule has 142 valence electrons. The first-order valence-electron chi connectivity index (χ1n) is 10.2. The third-order valence-electron chi connectivity index (χ3n) is 4.15. The third kappa shape index (κ3) is 22.4. The van der Waals surface area contributed by atoms with Crippen LogP contribution in [0.2, 0.25) is 0 Å². The molecule has 0 aliphatic carbocycles. The Balaban J connectivity index is 3.28. The van der Waals surface area contributed by atoms with Gasteiger partial charge in [-0.05, 0) is 12.8 Å². The van der Waals surface area contributed by atoms with Gasteiger partial charge in [0.15, 0.2) is 0 Å². The predicted octanol–water partition coefficient (Wildman–Crippen LogP) is 7.39. The maximum absolute atomic E-state index is 10.2. The first-order chi connectivity index (χ1) is 12.3. The quantitative estimate of drug-likeness (QED) is 0.169. The van der Waals surface area contributed by atoms with E-state index in [1.165, 1.54) is 83.1 Å². The Morgan fingerprint density at radius 1 is 0.640 bits per heavy atom. The fourth-order valence-corrected chi connectivity index (χ4v) is 2.67. The Morgan fingerprint density at radius 2 is 1.08 bits per heavy atom. The molecule has 1 N–H and O–H groups in total. The number of aliphatic carboxylic acids is 1. The van der Waals surface area contributed by atoms with Crippen LogP contribution in [0.5, 0.6) is 0 Å². The highest BCUT2D eigenvalue weighted by atomic mass is 16.4. The average molecular weight is 347 g/mol. The molecular formula is C23H38O2. The number of hydrogen-bond acceptors (Lipinski definition) is 1. The van der Waals surface area contributed by atoms with E-state index in [2.05, 4.69) is 19.1 Å². The molecule has 2 heteroatoms. The van der Waals surface area contributed by atoms with Crippen LogP contribution in [0, 0.1) is 0 Å². The van der Waals surface area contributed by atoms with Crippen molar-refractivity contribution in [3.8, 4) is 0 Å². The molecule has 0 aromatic carbocycles. The summed E-state index contributed by atoms with van der Waals surface area (Å²) in [6, 6.07) is 0. The van der Waals surface area contributed by atoms with Gasteiger partial charge in [-0.2, -0.15) is 0 Å². The summed E-state index contributed by atoms with van der Waals surface area (Å²) in [6.07, 6.45) is 32.2. The van der Waals surface area contributed by atoms with Crippen LogP contribution >= 0.6 is 0 Å². The lowest BCUT2D eigenvalue weighted by atomic mass is 10.0. The monoisotopic (exact) mass is 346 g/mol. The molecule has 0 aromatic heterocycles. The summed E-state index contributed by atoms with van der Waals surface area (Å²) in [6.45, 7) is 2.27. The van der Waals surface area contributed by atoms with Gasteiger partial charge in [-0.15, -0.1) is 0 Å². The number of unbranched alkanes of at least 4 members (excludes halogenated alkanes) is 12. The molecule has 0 heterocycles. The number of carbonyl (C=O) groups is 1. The normalized spacial score (nSPS) is 12.4. The van der Waals surface area contributed by atoms with Crippen LogP contribution in [-0.2, 0) is 4.79 Å². The van der Waals surface area contributed by atoms with E-state index < -0.39 is 5.97 Å². The highest BCUT2D eigenvalue weighted by Gasteiger charge is 1.92. The minimum absolute atomic E-state index is 0.920. The zero-order valence-corrected chi connectivity index (χ0v) is 16.2. The van der Waals surface area contributed by atoms with Crippen molar-refractivity contribution in [1.82, 2.24) is 0 Å². The highest BCUT2D eigenvalue weighted by Crippen LogP contribution is 2.12. The van der Waals surface area contributed by atoms with Crippen molar-refractivity contribution in [2.75, 3.05) is 0 Å². The zero-order valence-electron chi connectivity index (χ0n) is 16.2. The van der Waals surface area contributed by atoms with Crippen molar-refractivity contribution < 1.29 is 9.90 Å². The SMILES string of the molecule is CCCCCCCCCCCCCCC=CC=CC=CC=CC(=O)O. The van der Waals surface area contributed by atoms with Gasteiger partial charge in [0.25, 0.3) is 0 Å². The van der Waals surface area contributed by atoms with E-state index in [-0.39, 0.29) is 0 Å². The average Bonchev–Trinajstić information content (AvgIpc) is 2.60. The molecule has 25 heavy (non-hydrogen) atoms. The zero-order chi connectivity index (χ0) is 18.4. The molecule has 0 rings (SSSR count). The van der Waals surface area contributed by atoms with Crippen molar-refractivity contribution in [1.29, 1.82) is 0 Å². The van der Waals surface area contributed by atoms with Crippen LogP contribution in [0.15, 0.2) is 48.6 Å². The first kappa shape index (κ1) is 23.4. The standard InChI is InChI=1S/C23H38O2/c1-2-3-4-5-6-7-8-9-10-11-12-13-14-15-16-17-18-19-20-21-22-23(24)25/h15-22H,2-14H2,1H3,(H,24,25). The molecule has 0 saturated heterocycles. The summed E-state index contributed by atoms with van der Waals surface area (Å²) in [5.74, 6) is -0.920. The van der Waals surface area contributed by atoms with E-state index in [9.17, 15) is 4.79 Å². The van der Waals surface area contributed by atoms with Gasteiger partial charge < -0.3 is 5.11 Å². The second-order valence-electron chi connectivity index (χ2n) is 6.57. The van der Waals surface area contributed by atoms with Gasteiger partial charge in [-0.25, -0.2) is 4.79 Å². The number of rotatable bonds is 17. The summed E-state index contributed by atoms with van der Waals surface area (Å²) in [5.41, 5.74) is 0. The predicted molar refractivity (Wildman–Crippen MR) is 110 cm³/mol. The number of carboxylic acid groups (broad SMARTS) is 1. The molecule has 0 saturated carbocycles. The summed E-state index contributed by atoms with van der Waals surface area (Å²) in [5, 5.41) is 8.42. The van der Waals surface area contributed by atoms with E-state index in [4.69, 9.17) is 5.11 Å². The Labute approximate surface area is 155 Å². The van der Waals surface area contributed by atoms with Gasteiger partial charge in [0.2, 0.25) is 0 Å². The molecule has 0 unspecified atom stereocenters. The largest absolute Gasteiger partial charge is 0.478 e. The van der Waals surface area contributed by atoms with Gasteiger partial charge in [0, 0.05) is 6.08 Å². The Kier molecular flexibility index (Phi) is 19.2. The van der Waals surface area contributed by atoms with Gasteiger partial charge >= 0.3 is 5.97 Å². The van der Waals surface area contributed by atoms with Crippen molar-refractivity contribution in [2.45, 2.75) is 90.4 Å². The first-order valence-corrected chi connectivity index (χ1v) is 10.2. The fourth-order valence-electron chi connectivity index (χ4n) is 2.67. The number of carboxylic acids is 1. The van der Waals surface area contributed by atoms with Crippen LogP contribution in [0.3, 0.4) is 0 Å². The topological polar surface area (TPSA) is 37.3 Å². The molecule has 0 aromatic rings. The van der Waals surface area contributed by atoms with Gasteiger partial charge in [-0.3, -0.25) is 0 Å². The fraction of sp³-hybridized carbons (Fsp3) is 0.609. The summed E-state index contributed by atoms with van der Waals surface area (Å²) >= 11 is 0. The maximum Gasteiger partial charge on any atom is 0.328 e. The lowest BCUT2D eigenvalue weighted by Crippen LogP contribution is -1.84. The lowest BCUT2D eigenvalue weighted by Gasteiger charge is -2.02. The van der Waals surface area contributed by atoms with Gasteiger partial charge in [0.1, 0.15) is 0 Å².